The molecule has 0 amide bonds. The molecule has 2 rings (SSSR count). The number of hydrogen-bond acceptors (Lipinski definition) is 1. The van der Waals surface area contributed by atoms with Gasteiger partial charge in [-0.25, -0.2) is 0 Å². The number of anilines is 1. The van der Waals surface area contributed by atoms with Gasteiger partial charge in [-0.05, 0) is 22.9 Å². The maximum atomic E-state index is 5.44. The lowest BCUT2D eigenvalue weighted by atomic mass is 10.1. The van der Waals surface area contributed by atoms with Crippen molar-refractivity contribution in [3.05, 3.63) is 54.1 Å². The minimum Gasteiger partial charge on any atom is -0.382 e. The lowest BCUT2D eigenvalue weighted by Gasteiger charge is -2.04. The zero-order chi connectivity index (χ0) is 10.5. The van der Waals surface area contributed by atoms with Gasteiger partial charge in [-0.3, -0.25) is 0 Å². The molecule has 0 unspecified atom stereocenters. The third kappa shape index (κ3) is 2.51. The number of hydrogen-bond donors (Lipinski definition) is 1. The van der Waals surface area contributed by atoms with E-state index in [0.717, 1.165) is 12.2 Å². The molecule has 0 aliphatic heterocycles. The Balaban J connectivity index is 2.23. The van der Waals surface area contributed by atoms with Crippen LogP contribution in [0.3, 0.4) is 0 Å². The van der Waals surface area contributed by atoms with Gasteiger partial charge < -0.3 is 5.32 Å². The Morgan fingerprint density at radius 2 is 1.87 bits per heavy atom. The monoisotopic (exact) mass is 217 g/mol. The van der Waals surface area contributed by atoms with Crippen molar-refractivity contribution in [3.8, 4) is 0 Å². The van der Waals surface area contributed by atoms with E-state index in [9.17, 15) is 0 Å². The Hall–Kier alpha value is -1.47. The van der Waals surface area contributed by atoms with Gasteiger partial charge in [0.25, 0.3) is 0 Å². The molecule has 0 heterocycles. The van der Waals surface area contributed by atoms with Crippen LogP contribution in [0.25, 0.3) is 10.8 Å². The third-order valence-corrected chi connectivity index (χ3v) is 2.44. The molecule has 76 valence electrons. The second-order valence-electron chi connectivity index (χ2n) is 3.30. The first-order valence-electron chi connectivity index (χ1n) is 4.88. The second kappa shape index (κ2) is 4.85. The van der Waals surface area contributed by atoms with Gasteiger partial charge in [0.2, 0.25) is 0 Å². The minimum atomic E-state index is 0.752. The number of halogens is 1. The highest BCUT2D eigenvalue weighted by Crippen LogP contribution is 2.18. The van der Waals surface area contributed by atoms with E-state index in [0.29, 0.717) is 0 Å². The van der Waals surface area contributed by atoms with Gasteiger partial charge in [-0.15, -0.1) is 0 Å². The predicted molar refractivity (Wildman–Crippen MR) is 67.4 cm³/mol. The van der Waals surface area contributed by atoms with Gasteiger partial charge in [0.05, 0.1) is 0 Å². The summed E-state index contributed by atoms with van der Waals surface area (Å²) in [6, 6.07) is 14.6. The van der Waals surface area contributed by atoms with Crippen LogP contribution in [0, 0.1) is 0 Å². The standard InChI is InChI=1S/C13H12ClN/c14-8-3-9-15-13-7-6-11-4-1-2-5-12(11)10-13/h1-8,10,15H,9H2/b8-3+. The smallest absolute Gasteiger partial charge is 0.0349 e. The highest BCUT2D eigenvalue weighted by Gasteiger charge is 1.93. The van der Waals surface area contributed by atoms with Crippen molar-refractivity contribution in [1.82, 2.24) is 0 Å². The molecule has 0 aromatic heterocycles. The average molecular weight is 218 g/mol. The summed E-state index contributed by atoms with van der Waals surface area (Å²) in [6.45, 7) is 0.752. The van der Waals surface area contributed by atoms with Crippen LogP contribution in [-0.2, 0) is 0 Å². The molecule has 0 spiro atoms. The van der Waals surface area contributed by atoms with Crippen LogP contribution < -0.4 is 5.32 Å². The molecule has 0 saturated carbocycles. The van der Waals surface area contributed by atoms with Gasteiger partial charge in [0, 0.05) is 17.8 Å². The molecule has 0 fully saturated rings. The quantitative estimate of drug-likeness (QED) is 0.820. The summed E-state index contributed by atoms with van der Waals surface area (Å²) in [4.78, 5) is 0. The molecular formula is C13H12ClN. The number of fused-ring (bicyclic) bond motifs is 1. The lowest BCUT2D eigenvalue weighted by molar-refractivity contribution is 1.35. The maximum absolute atomic E-state index is 5.44. The van der Waals surface area contributed by atoms with Crippen molar-refractivity contribution in [2.75, 3.05) is 11.9 Å². The van der Waals surface area contributed by atoms with E-state index in [1.54, 1.807) is 0 Å². The van der Waals surface area contributed by atoms with Crippen molar-refractivity contribution in [2.24, 2.45) is 0 Å². The zero-order valence-corrected chi connectivity index (χ0v) is 9.04. The molecule has 2 heteroatoms. The van der Waals surface area contributed by atoms with Gasteiger partial charge in [0.1, 0.15) is 0 Å². The van der Waals surface area contributed by atoms with Crippen molar-refractivity contribution in [1.29, 1.82) is 0 Å². The van der Waals surface area contributed by atoms with Crippen LogP contribution in [0.15, 0.2) is 54.1 Å². The van der Waals surface area contributed by atoms with Crippen LogP contribution in [-0.4, -0.2) is 6.54 Å². The average Bonchev–Trinajstić information content (AvgIpc) is 2.29. The second-order valence-corrected chi connectivity index (χ2v) is 3.56. The SMILES string of the molecule is Cl/C=C/CNc1ccc2ccccc2c1. The summed E-state index contributed by atoms with van der Waals surface area (Å²) in [5.41, 5.74) is 2.64. The molecule has 1 N–H and O–H groups in total. The van der Waals surface area contributed by atoms with Gasteiger partial charge >= 0.3 is 0 Å². The van der Waals surface area contributed by atoms with E-state index in [1.165, 1.54) is 16.3 Å². The van der Waals surface area contributed by atoms with Crippen LogP contribution in [0.5, 0.6) is 0 Å². The molecule has 15 heavy (non-hydrogen) atoms. The fourth-order valence-electron chi connectivity index (χ4n) is 1.52. The fraction of sp³-hybridized carbons (Fsp3) is 0.0769. The normalized spacial score (nSPS) is 11.0. The van der Waals surface area contributed by atoms with E-state index >= 15 is 0 Å². The lowest BCUT2D eigenvalue weighted by Crippen LogP contribution is -1.97. The molecular weight excluding hydrogens is 206 g/mol. The van der Waals surface area contributed by atoms with Crippen molar-refractivity contribution in [2.45, 2.75) is 0 Å². The summed E-state index contributed by atoms with van der Waals surface area (Å²) in [5, 5.41) is 5.77. The summed E-state index contributed by atoms with van der Waals surface area (Å²) >= 11 is 5.44. The van der Waals surface area contributed by atoms with E-state index < -0.39 is 0 Å². The minimum absolute atomic E-state index is 0.752. The van der Waals surface area contributed by atoms with E-state index in [4.69, 9.17) is 11.6 Å². The van der Waals surface area contributed by atoms with Crippen molar-refractivity contribution in [3.63, 3.8) is 0 Å². The van der Waals surface area contributed by atoms with Crippen LogP contribution >= 0.6 is 11.6 Å². The Bertz CT molecular complexity index is 477. The van der Waals surface area contributed by atoms with Crippen LogP contribution in [0.4, 0.5) is 5.69 Å². The molecule has 0 bridgehead atoms. The molecule has 0 aliphatic rings. The summed E-state index contributed by atoms with van der Waals surface area (Å²) in [5.74, 6) is 0. The van der Waals surface area contributed by atoms with Gasteiger partial charge in [-0.2, -0.15) is 0 Å². The van der Waals surface area contributed by atoms with E-state index in [2.05, 4.69) is 35.6 Å². The molecule has 0 aliphatic carbocycles. The molecule has 0 saturated heterocycles. The Labute approximate surface area is 94.4 Å². The maximum Gasteiger partial charge on any atom is 0.0349 e. The third-order valence-electron chi connectivity index (χ3n) is 2.26. The van der Waals surface area contributed by atoms with Gasteiger partial charge in [0.15, 0.2) is 0 Å². The van der Waals surface area contributed by atoms with Crippen LogP contribution in [0.2, 0.25) is 0 Å². The number of rotatable bonds is 3. The predicted octanol–water partition coefficient (Wildman–Crippen LogP) is 4.00. The summed E-state index contributed by atoms with van der Waals surface area (Å²) < 4.78 is 0. The fourth-order valence-corrected chi connectivity index (χ4v) is 1.61. The molecule has 1 nitrogen and oxygen atoms in total. The molecule has 2 aromatic rings. The van der Waals surface area contributed by atoms with Crippen molar-refractivity contribution < 1.29 is 0 Å². The number of benzene rings is 2. The Morgan fingerprint density at radius 3 is 2.67 bits per heavy atom. The Kier molecular flexibility index (Phi) is 3.25. The zero-order valence-electron chi connectivity index (χ0n) is 8.28. The molecule has 0 atom stereocenters. The number of nitrogens with one attached hydrogen (secondary N) is 1. The molecule has 0 radical (unpaired) electrons. The summed E-state index contributed by atoms with van der Waals surface area (Å²) in [6.07, 6.45) is 1.87. The first-order valence-corrected chi connectivity index (χ1v) is 5.32. The van der Waals surface area contributed by atoms with E-state index in [1.807, 2.05) is 18.2 Å². The summed E-state index contributed by atoms with van der Waals surface area (Å²) in [7, 11) is 0. The first-order chi connectivity index (χ1) is 7.40. The Morgan fingerprint density at radius 1 is 1.07 bits per heavy atom. The van der Waals surface area contributed by atoms with Gasteiger partial charge in [-0.1, -0.05) is 48.0 Å². The first kappa shape index (κ1) is 10.1. The molecule has 2 aromatic carbocycles. The highest BCUT2D eigenvalue weighted by atomic mass is 35.5. The van der Waals surface area contributed by atoms with E-state index in [-0.39, 0.29) is 0 Å². The highest BCUT2D eigenvalue weighted by molar-refractivity contribution is 6.25. The van der Waals surface area contributed by atoms with Crippen LogP contribution in [0.1, 0.15) is 0 Å². The topological polar surface area (TPSA) is 12.0 Å². The van der Waals surface area contributed by atoms with Crippen molar-refractivity contribution >= 4 is 28.1 Å². The largest absolute Gasteiger partial charge is 0.382 e.